The van der Waals surface area contributed by atoms with Gasteiger partial charge in [-0.05, 0) is 18.9 Å². The third kappa shape index (κ3) is 4.81. The van der Waals surface area contributed by atoms with Gasteiger partial charge in [0.05, 0.1) is 0 Å². The van der Waals surface area contributed by atoms with E-state index in [1.54, 1.807) is 13.8 Å². The van der Waals surface area contributed by atoms with Gasteiger partial charge in [-0.25, -0.2) is 4.79 Å². The summed E-state index contributed by atoms with van der Waals surface area (Å²) in [7, 11) is 0. The highest BCUT2D eigenvalue weighted by atomic mass is 16.4. The van der Waals surface area contributed by atoms with E-state index in [0.717, 1.165) is 0 Å². The summed E-state index contributed by atoms with van der Waals surface area (Å²) in [5, 5.41) is 11.2. The zero-order valence-electron chi connectivity index (χ0n) is 8.62. The molecule has 0 aliphatic rings. The SMILES string of the molecule is CC(C)C(NC(=O)CCCN)C(=O)O. The number of hydrogen-bond donors (Lipinski definition) is 3. The van der Waals surface area contributed by atoms with Crippen LogP contribution in [0.2, 0.25) is 0 Å². The molecule has 0 radical (unpaired) electrons. The molecule has 14 heavy (non-hydrogen) atoms. The molecular weight excluding hydrogens is 184 g/mol. The minimum atomic E-state index is -0.999. The van der Waals surface area contributed by atoms with Crippen molar-refractivity contribution in [2.45, 2.75) is 32.7 Å². The summed E-state index contributed by atoms with van der Waals surface area (Å²) in [6.45, 7) is 3.94. The molecule has 0 saturated heterocycles. The number of nitrogens with two attached hydrogens (primary N) is 1. The van der Waals surface area contributed by atoms with E-state index < -0.39 is 12.0 Å². The van der Waals surface area contributed by atoms with Crippen LogP contribution in [0.15, 0.2) is 0 Å². The first-order valence-corrected chi connectivity index (χ1v) is 4.71. The topological polar surface area (TPSA) is 92.4 Å². The number of hydrogen-bond acceptors (Lipinski definition) is 3. The van der Waals surface area contributed by atoms with Crippen LogP contribution in [0.5, 0.6) is 0 Å². The standard InChI is InChI=1S/C9H18N2O3/c1-6(2)8(9(13)14)11-7(12)4-3-5-10/h6,8H,3-5,10H2,1-2H3,(H,11,12)(H,13,14). The summed E-state index contributed by atoms with van der Waals surface area (Å²) in [5.41, 5.74) is 5.23. The first-order valence-electron chi connectivity index (χ1n) is 4.71. The van der Waals surface area contributed by atoms with Crippen LogP contribution >= 0.6 is 0 Å². The normalized spacial score (nSPS) is 12.6. The van der Waals surface area contributed by atoms with E-state index in [1.165, 1.54) is 0 Å². The van der Waals surface area contributed by atoms with Crippen molar-refractivity contribution in [3.8, 4) is 0 Å². The van der Waals surface area contributed by atoms with Gasteiger partial charge in [-0.1, -0.05) is 13.8 Å². The smallest absolute Gasteiger partial charge is 0.326 e. The Morgan fingerprint density at radius 3 is 2.36 bits per heavy atom. The Morgan fingerprint density at radius 2 is 2.00 bits per heavy atom. The van der Waals surface area contributed by atoms with E-state index in [2.05, 4.69) is 5.32 Å². The van der Waals surface area contributed by atoms with Crippen LogP contribution in [0.25, 0.3) is 0 Å². The largest absolute Gasteiger partial charge is 0.480 e. The zero-order chi connectivity index (χ0) is 11.1. The van der Waals surface area contributed by atoms with Gasteiger partial charge in [-0.2, -0.15) is 0 Å². The van der Waals surface area contributed by atoms with Crippen LogP contribution in [-0.4, -0.2) is 29.6 Å². The number of rotatable bonds is 6. The first-order chi connectivity index (χ1) is 6.49. The lowest BCUT2D eigenvalue weighted by Crippen LogP contribution is -2.44. The molecule has 0 fully saturated rings. The molecule has 0 heterocycles. The molecule has 0 aromatic heterocycles. The molecule has 0 aliphatic heterocycles. The number of nitrogens with one attached hydrogen (secondary N) is 1. The van der Waals surface area contributed by atoms with Gasteiger partial charge in [-0.15, -0.1) is 0 Å². The summed E-state index contributed by atoms with van der Waals surface area (Å²) in [6, 6.07) is -0.805. The Bertz CT molecular complexity index is 204. The third-order valence-electron chi connectivity index (χ3n) is 1.86. The van der Waals surface area contributed by atoms with Crippen LogP contribution < -0.4 is 11.1 Å². The second-order valence-electron chi connectivity index (χ2n) is 3.52. The van der Waals surface area contributed by atoms with Gasteiger partial charge in [0, 0.05) is 6.42 Å². The Balaban J connectivity index is 4.04. The lowest BCUT2D eigenvalue weighted by atomic mass is 10.0. The molecule has 1 unspecified atom stereocenters. The van der Waals surface area contributed by atoms with Crippen LogP contribution in [0, 0.1) is 5.92 Å². The van der Waals surface area contributed by atoms with Crippen molar-refractivity contribution in [3.05, 3.63) is 0 Å². The fourth-order valence-electron chi connectivity index (χ4n) is 1.02. The summed E-state index contributed by atoms with van der Waals surface area (Å²) >= 11 is 0. The highest BCUT2D eigenvalue weighted by Crippen LogP contribution is 2.02. The Hall–Kier alpha value is -1.10. The fourth-order valence-corrected chi connectivity index (χ4v) is 1.02. The molecule has 0 saturated carbocycles. The predicted octanol–water partition coefficient (Wildman–Crippen LogP) is -0.0493. The van der Waals surface area contributed by atoms with Crippen LogP contribution in [0.4, 0.5) is 0 Å². The maximum absolute atomic E-state index is 11.2. The van der Waals surface area contributed by atoms with Crippen molar-refractivity contribution in [1.82, 2.24) is 5.32 Å². The van der Waals surface area contributed by atoms with Gasteiger partial charge in [0.1, 0.15) is 6.04 Å². The lowest BCUT2D eigenvalue weighted by Gasteiger charge is -2.17. The maximum Gasteiger partial charge on any atom is 0.326 e. The van der Waals surface area contributed by atoms with Crippen LogP contribution in [0.3, 0.4) is 0 Å². The molecular formula is C9H18N2O3. The maximum atomic E-state index is 11.2. The second-order valence-corrected chi connectivity index (χ2v) is 3.52. The lowest BCUT2D eigenvalue weighted by molar-refractivity contribution is -0.143. The summed E-state index contributed by atoms with van der Waals surface area (Å²) in [5.74, 6) is -1.37. The minimum Gasteiger partial charge on any atom is -0.480 e. The first kappa shape index (κ1) is 12.9. The fraction of sp³-hybridized carbons (Fsp3) is 0.778. The van der Waals surface area contributed by atoms with Gasteiger partial charge in [0.25, 0.3) is 0 Å². The molecule has 5 nitrogen and oxygen atoms in total. The van der Waals surface area contributed by atoms with E-state index in [4.69, 9.17) is 10.8 Å². The average Bonchev–Trinajstić information content (AvgIpc) is 2.09. The van der Waals surface area contributed by atoms with Crippen molar-refractivity contribution < 1.29 is 14.7 Å². The minimum absolute atomic E-state index is 0.116. The molecule has 82 valence electrons. The molecule has 0 aliphatic carbocycles. The summed E-state index contributed by atoms with van der Waals surface area (Å²) in [6.07, 6.45) is 0.864. The molecule has 1 amide bonds. The Labute approximate surface area is 83.7 Å². The molecule has 0 spiro atoms. The number of carbonyl (C=O) groups excluding carboxylic acids is 1. The summed E-state index contributed by atoms with van der Waals surface area (Å²) in [4.78, 5) is 21.9. The highest BCUT2D eigenvalue weighted by Gasteiger charge is 2.22. The molecule has 0 bridgehead atoms. The monoisotopic (exact) mass is 202 g/mol. The molecule has 0 aromatic carbocycles. The molecule has 5 heteroatoms. The second kappa shape index (κ2) is 6.37. The summed E-state index contributed by atoms with van der Waals surface area (Å²) < 4.78 is 0. The Kier molecular flexibility index (Phi) is 5.87. The average molecular weight is 202 g/mol. The van der Waals surface area contributed by atoms with Crippen molar-refractivity contribution in [2.75, 3.05) is 6.54 Å². The van der Waals surface area contributed by atoms with Crippen molar-refractivity contribution in [2.24, 2.45) is 11.7 Å². The van der Waals surface area contributed by atoms with E-state index in [-0.39, 0.29) is 18.2 Å². The van der Waals surface area contributed by atoms with Crippen molar-refractivity contribution in [1.29, 1.82) is 0 Å². The van der Waals surface area contributed by atoms with E-state index >= 15 is 0 Å². The van der Waals surface area contributed by atoms with E-state index in [1.807, 2.05) is 0 Å². The number of carboxylic acid groups (broad SMARTS) is 1. The van der Waals surface area contributed by atoms with Gasteiger partial charge < -0.3 is 16.2 Å². The van der Waals surface area contributed by atoms with Gasteiger partial charge in [0.15, 0.2) is 0 Å². The quantitative estimate of drug-likeness (QED) is 0.563. The zero-order valence-corrected chi connectivity index (χ0v) is 8.62. The number of carbonyl (C=O) groups is 2. The van der Waals surface area contributed by atoms with E-state index in [0.29, 0.717) is 13.0 Å². The highest BCUT2D eigenvalue weighted by molar-refractivity contribution is 5.83. The molecule has 4 N–H and O–H groups in total. The van der Waals surface area contributed by atoms with Crippen molar-refractivity contribution >= 4 is 11.9 Å². The Morgan fingerprint density at radius 1 is 1.43 bits per heavy atom. The van der Waals surface area contributed by atoms with Crippen LogP contribution in [0.1, 0.15) is 26.7 Å². The molecule has 0 rings (SSSR count). The number of amides is 1. The number of aliphatic carboxylic acids is 1. The molecule has 0 aromatic rings. The van der Waals surface area contributed by atoms with Crippen molar-refractivity contribution in [3.63, 3.8) is 0 Å². The van der Waals surface area contributed by atoms with Gasteiger partial charge in [0.2, 0.25) is 5.91 Å². The number of carboxylic acids is 1. The molecule has 1 atom stereocenters. The van der Waals surface area contributed by atoms with Crippen LogP contribution in [-0.2, 0) is 9.59 Å². The predicted molar refractivity (Wildman–Crippen MR) is 52.7 cm³/mol. The van der Waals surface area contributed by atoms with Gasteiger partial charge in [-0.3, -0.25) is 4.79 Å². The van der Waals surface area contributed by atoms with E-state index in [9.17, 15) is 9.59 Å². The van der Waals surface area contributed by atoms with Gasteiger partial charge >= 0.3 is 5.97 Å². The third-order valence-corrected chi connectivity index (χ3v) is 1.86.